The van der Waals surface area contributed by atoms with E-state index in [9.17, 15) is 0 Å². The highest BCUT2D eigenvalue weighted by atomic mass is 16.5. The van der Waals surface area contributed by atoms with Crippen molar-refractivity contribution in [1.29, 1.82) is 0 Å². The first-order valence-electron chi connectivity index (χ1n) is 6.48. The number of ether oxygens (including phenoxy) is 1. The number of aryl methyl sites for hydroxylation is 1. The van der Waals surface area contributed by atoms with E-state index in [0.717, 1.165) is 25.6 Å². The van der Waals surface area contributed by atoms with Crippen molar-refractivity contribution < 1.29 is 4.74 Å². The van der Waals surface area contributed by atoms with E-state index in [4.69, 9.17) is 4.74 Å². The van der Waals surface area contributed by atoms with E-state index in [0.29, 0.717) is 0 Å². The van der Waals surface area contributed by atoms with E-state index in [1.807, 2.05) is 6.07 Å². The quantitative estimate of drug-likeness (QED) is 0.722. The average molecular weight is 236 g/mol. The molecule has 0 amide bonds. The molecule has 2 rings (SSSR count). The average Bonchev–Trinajstić information content (AvgIpc) is 2.41. The van der Waals surface area contributed by atoms with Crippen molar-refractivity contribution in [3.05, 3.63) is 35.9 Å². The maximum atomic E-state index is 5.20. The summed E-state index contributed by atoms with van der Waals surface area (Å²) >= 11 is 0. The molecule has 0 spiro atoms. The van der Waals surface area contributed by atoms with Crippen LogP contribution in [0.15, 0.2) is 30.3 Å². The van der Waals surface area contributed by atoms with Crippen LogP contribution in [0, 0.1) is 5.92 Å². The fraction of sp³-hybridized carbons (Fsp3) is 0.625. The highest BCUT2D eigenvalue weighted by molar-refractivity contribution is 5.13. The van der Waals surface area contributed by atoms with E-state index in [1.165, 1.54) is 24.8 Å². The first-order valence-corrected chi connectivity index (χ1v) is 6.48. The Labute approximate surface area is 107 Å². The predicted octanol–water partition coefficient (Wildman–Crippen LogP) is 4.71. The molecule has 0 saturated carbocycles. The summed E-state index contributed by atoms with van der Waals surface area (Å²) in [4.78, 5) is 0. The van der Waals surface area contributed by atoms with Gasteiger partial charge in [-0.3, -0.25) is 0 Å². The number of benzene rings is 1. The van der Waals surface area contributed by atoms with Crippen LogP contribution in [0.25, 0.3) is 0 Å². The van der Waals surface area contributed by atoms with Crippen LogP contribution in [0.1, 0.15) is 46.1 Å². The highest BCUT2D eigenvalue weighted by Gasteiger charge is 2.09. The van der Waals surface area contributed by atoms with Crippen molar-refractivity contribution in [3.8, 4) is 0 Å². The van der Waals surface area contributed by atoms with Crippen LogP contribution in [0.4, 0.5) is 0 Å². The van der Waals surface area contributed by atoms with Gasteiger partial charge < -0.3 is 4.74 Å². The summed E-state index contributed by atoms with van der Waals surface area (Å²) in [6.07, 6.45) is 5.05. The molecule has 1 aliphatic rings. The minimum atomic E-state index is 0. The SMILES string of the molecule is C.CCC1CCOCC1.CCc1ccccc1. The molecule has 1 aromatic rings. The second-order valence-electron chi connectivity index (χ2n) is 4.30. The van der Waals surface area contributed by atoms with Crippen LogP contribution < -0.4 is 0 Å². The Morgan fingerprint density at radius 3 is 2.00 bits per heavy atom. The van der Waals surface area contributed by atoms with Gasteiger partial charge in [-0.15, -0.1) is 0 Å². The summed E-state index contributed by atoms with van der Waals surface area (Å²) < 4.78 is 5.20. The van der Waals surface area contributed by atoms with Gasteiger partial charge in [0.1, 0.15) is 0 Å². The van der Waals surface area contributed by atoms with Crippen molar-refractivity contribution in [2.45, 2.75) is 47.0 Å². The lowest BCUT2D eigenvalue weighted by Crippen LogP contribution is -2.14. The van der Waals surface area contributed by atoms with Gasteiger partial charge >= 0.3 is 0 Å². The van der Waals surface area contributed by atoms with Gasteiger partial charge in [0.05, 0.1) is 0 Å². The van der Waals surface area contributed by atoms with E-state index in [1.54, 1.807) is 0 Å². The Morgan fingerprint density at radius 1 is 1.06 bits per heavy atom. The fourth-order valence-electron chi connectivity index (χ4n) is 1.87. The van der Waals surface area contributed by atoms with Gasteiger partial charge in [0.25, 0.3) is 0 Å². The van der Waals surface area contributed by atoms with Gasteiger partial charge in [-0.05, 0) is 30.7 Å². The molecular weight excluding hydrogens is 208 g/mol. The standard InChI is InChI=1S/C8H10.C7H14O.CH4/c1-2-8-6-4-3-5-7-8;1-2-7-3-5-8-6-4-7;/h3-7H,2H2,1H3;7H,2-6H2,1H3;1H4. The molecule has 0 bridgehead atoms. The van der Waals surface area contributed by atoms with Gasteiger partial charge in [-0.25, -0.2) is 0 Å². The molecule has 1 aromatic carbocycles. The minimum absolute atomic E-state index is 0. The summed E-state index contributed by atoms with van der Waals surface area (Å²) in [6.45, 7) is 6.42. The van der Waals surface area contributed by atoms with E-state index in [2.05, 4.69) is 38.1 Å². The molecule has 98 valence electrons. The molecule has 1 heteroatoms. The third-order valence-electron chi connectivity index (χ3n) is 3.17. The van der Waals surface area contributed by atoms with Gasteiger partial charge in [-0.2, -0.15) is 0 Å². The largest absolute Gasteiger partial charge is 0.381 e. The number of hydrogen-bond acceptors (Lipinski definition) is 1. The van der Waals surface area contributed by atoms with Crippen LogP contribution in [-0.2, 0) is 11.2 Å². The maximum Gasteiger partial charge on any atom is 0.0468 e. The molecule has 17 heavy (non-hydrogen) atoms. The van der Waals surface area contributed by atoms with Crippen LogP contribution in [0.3, 0.4) is 0 Å². The second-order valence-corrected chi connectivity index (χ2v) is 4.30. The predicted molar refractivity (Wildman–Crippen MR) is 76.4 cm³/mol. The second kappa shape index (κ2) is 10.3. The van der Waals surface area contributed by atoms with Crippen LogP contribution in [-0.4, -0.2) is 13.2 Å². The van der Waals surface area contributed by atoms with Gasteiger partial charge in [-0.1, -0.05) is 58.0 Å². The molecule has 0 aliphatic carbocycles. The molecule has 1 nitrogen and oxygen atoms in total. The van der Waals surface area contributed by atoms with Crippen LogP contribution in [0.5, 0.6) is 0 Å². The molecule has 1 heterocycles. The zero-order chi connectivity index (χ0) is 11.6. The molecule has 0 N–H and O–H groups in total. The van der Waals surface area contributed by atoms with Crippen LogP contribution in [0.2, 0.25) is 0 Å². The molecule has 0 unspecified atom stereocenters. The topological polar surface area (TPSA) is 9.23 Å². The minimum Gasteiger partial charge on any atom is -0.381 e. The van der Waals surface area contributed by atoms with Gasteiger partial charge in [0, 0.05) is 13.2 Å². The lowest BCUT2D eigenvalue weighted by molar-refractivity contribution is 0.0654. The fourth-order valence-corrected chi connectivity index (χ4v) is 1.87. The highest BCUT2D eigenvalue weighted by Crippen LogP contribution is 2.16. The third-order valence-corrected chi connectivity index (χ3v) is 3.17. The first-order chi connectivity index (χ1) is 7.86. The summed E-state index contributed by atoms with van der Waals surface area (Å²) in [7, 11) is 0. The summed E-state index contributed by atoms with van der Waals surface area (Å²) in [5, 5.41) is 0. The number of rotatable bonds is 2. The smallest absolute Gasteiger partial charge is 0.0468 e. The normalized spacial score (nSPS) is 15.4. The summed E-state index contributed by atoms with van der Waals surface area (Å²) in [5.74, 6) is 0.962. The Balaban J connectivity index is 0.000000284. The third kappa shape index (κ3) is 7.17. The lowest BCUT2D eigenvalue weighted by atomic mass is 9.98. The molecule has 0 atom stereocenters. The van der Waals surface area contributed by atoms with Crippen molar-refractivity contribution in [2.24, 2.45) is 5.92 Å². The molecule has 0 aromatic heterocycles. The van der Waals surface area contributed by atoms with Crippen molar-refractivity contribution in [1.82, 2.24) is 0 Å². The van der Waals surface area contributed by atoms with Crippen molar-refractivity contribution in [2.75, 3.05) is 13.2 Å². The monoisotopic (exact) mass is 236 g/mol. The van der Waals surface area contributed by atoms with Gasteiger partial charge in [0.2, 0.25) is 0 Å². The molecule has 0 radical (unpaired) electrons. The lowest BCUT2D eigenvalue weighted by Gasteiger charge is -2.19. The van der Waals surface area contributed by atoms with Crippen molar-refractivity contribution >= 4 is 0 Å². The molecule has 1 aliphatic heterocycles. The van der Waals surface area contributed by atoms with E-state index >= 15 is 0 Å². The molecule has 1 fully saturated rings. The summed E-state index contributed by atoms with van der Waals surface area (Å²) in [6, 6.07) is 10.5. The van der Waals surface area contributed by atoms with E-state index in [-0.39, 0.29) is 7.43 Å². The summed E-state index contributed by atoms with van der Waals surface area (Å²) in [5.41, 5.74) is 1.41. The van der Waals surface area contributed by atoms with Crippen molar-refractivity contribution in [3.63, 3.8) is 0 Å². The first kappa shape index (κ1) is 16.2. The van der Waals surface area contributed by atoms with Crippen LogP contribution >= 0.6 is 0 Å². The Hall–Kier alpha value is -0.820. The van der Waals surface area contributed by atoms with E-state index < -0.39 is 0 Å². The zero-order valence-electron chi connectivity index (χ0n) is 10.6. The van der Waals surface area contributed by atoms with Gasteiger partial charge in [0.15, 0.2) is 0 Å². The maximum absolute atomic E-state index is 5.20. The Morgan fingerprint density at radius 2 is 1.65 bits per heavy atom. The molecule has 1 saturated heterocycles. The molecular formula is C16H28O. The number of hydrogen-bond donors (Lipinski definition) is 0. The Bertz CT molecular complexity index is 249. The zero-order valence-corrected chi connectivity index (χ0v) is 10.6. The Kier molecular flexibility index (Phi) is 9.84.